The number of amides is 1. The predicted molar refractivity (Wildman–Crippen MR) is 48.8 cm³/mol. The van der Waals surface area contributed by atoms with Gasteiger partial charge in [-0.25, -0.2) is 4.79 Å². The van der Waals surface area contributed by atoms with E-state index in [1.54, 1.807) is 6.92 Å². The third kappa shape index (κ3) is 2.70. The molecule has 1 unspecified atom stereocenters. The molecule has 0 saturated heterocycles. The van der Waals surface area contributed by atoms with E-state index in [1.165, 1.54) is 6.92 Å². The van der Waals surface area contributed by atoms with Crippen LogP contribution in [0, 0.1) is 5.41 Å². The molecule has 7 nitrogen and oxygen atoms in total. The molecule has 5 N–H and O–H groups in total. The molecule has 0 aliphatic carbocycles. The fourth-order valence-electron chi connectivity index (χ4n) is 1.09. The molecule has 1 amide bonds. The minimum atomic E-state index is -0.935. The highest BCUT2D eigenvalue weighted by molar-refractivity contribution is 5.98. The van der Waals surface area contributed by atoms with Crippen LogP contribution in [-0.4, -0.2) is 28.8 Å². The Bertz CT molecular complexity index is 239. The van der Waals surface area contributed by atoms with Crippen LogP contribution in [0.1, 0.15) is 20.3 Å². The second-order valence-electron chi connectivity index (χ2n) is 2.64. The van der Waals surface area contributed by atoms with Gasteiger partial charge < -0.3 is 10.6 Å². The fraction of sp³-hybridized carbons (Fsp3) is 0.571. The van der Waals surface area contributed by atoms with E-state index in [0.29, 0.717) is 0 Å². The van der Waals surface area contributed by atoms with Crippen molar-refractivity contribution in [2.45, 2.75) is 26.3 Å². The maximum absolute atomic E-state index is 11.1. The zero-order valence-corrected chi connectivity index (χ0v) is 8.11. The molecule has 0 rings (SSSR count). The van der Waals surface area contributed by atoms with Crippen molar-refractivity contribution in [1.82, 2.24) is 4.90 Å². The monoisotopic (exact) mass is 202 g/mol. The molecule has 0 radical (unpaired) electrons. The molecule has 0 spiro atoms. The molecule has 0 bridgehead atoms. The number of carbonyl (C=O) groups excluding carboxylic acids is 2. The van der Waals surface area contributed by atoms with Crippen LogP contribution in [0.3, 0.4) is 0 Å². The number of nitrogens with zero attached hydrogens (tertiary/aromatic N) is 1. The summed E-state index contributed by atoms with van der Waals surface area (Å²) in [4.78, 5) is 27.0. The van der Waals surface area contributed by atoms with Gasteiger partial charge in [-0.15, -0.1) is 0 Å². The second-order valence-corrected chi connectivity index (χ2v) is 2.64. The Balaban J connectivity index is 4.85. The molecule has 0 fully saturated rings. The number of nitrogens with two attached hydrogens (primary N) is 2. The van der Waals surface area contributed by atoms with Gasteiger partial charge in [-0.05, 0) is 6.42 Å². The molecule has 7 heteroatoms. The molecule has 80 valence electrons. The van der Waals surface area contributed by atoms with E-state index in [2.05, 4.69) is 10.7 Å². The first-order valence-electron chi connectivity index (χ1n) is 4.00. The second kappa shape index (κ2) is 5.18. The first-order valence-corrected chi connectivity index (χ1v) is 4.00. The van der Waals surface area contributed by atoms with Crippen LogP contribution < -0.4 is 11.6 Å². The van der Waals surface area contributed by atoms with Crippen molar-refractivity contribution in [1.29, 1.82) is 5.41 Å². The lowest BCUT2D eigenvalue weighted by Gasteiger charge is -2.25. The van der Waals surface area contributed by atoms with Crippen molar-refractivity contribution in [3.63, 3.8) is 0 Å². The zero-order chi connectivity index (χ0) is 11.3. The summed E-state index contributed by atoms with van der Waals surface area (Å²) in [7, 11) is 0. The lowest BCUT2D eigenvalue weighted by Crippen LogP contribution is -2.51. The van der Waals surface area contributed by atoms with Crippen molar-refractivity contribution >= 4 is 17.8 Å². The molecular formula is C7H14N4O3. The van der Waals surface area contributed by atoms with E-state index < -0.39 is 23.9 Å². The summed E-state index contributed by atoms with van der Waals surface area (Å²) < 4.78 is 0. The van der Waals surface area contributed by atoms with Crippen LogP contribution in [0.15, 0.2) is 0 Å². The van der Waals surface area contributed by atoms with Gasteiger partial charge >= 0.3 is 5.97 Å². The van der Waals surface area contributed by atoms with E-state index in [0.717, 1.165) is 4.90 Å². The van der Waals surface area contributed by atoms with E-state index in [1.807, 2.05) is 0 Å². The quantitative estimate of drug-likeness (QED) is 0.305. The first-order chi connectivity index (χ1) is 6.45. The Labute approximate surface area is 81.4 Å². The predicted octanol–water partition coefficient (Wildman–Crippen LogP) is -1.08. The van der Waals surface area contributed by atoms with Crippen molar-refractivity contribution in [2.75, 3.05) is 0 Å². The Morgan fingerprint density at radius 3 is 2.29 bits per heavy atom. The maximum atomic E-state index is 11.1. The smallest absolute Gasteiger partial charge is 0.347 e. The lowest BCUT2D eigenvalue weighted by molar-refractivity contribution is -0.152. The van der Waals surface area contributed by atoms with Gasteiger partial charge in [0.2, 0.25) is 5.91 Å². The van der Waals surface area contributed by atoms with Crippen LogP contribution in [0.4, 0.5) is 0 Å². The van der Waals surface area contributed by atoms with Crippen LogP contribution in [-0.2, 0) is 14.4 Å². The standard InChI is InChI=1S/C7H14N4O3/c1-3-5(6(13)14-10)11(4(2)12)7(8)9/h5H,3,10H2,1-2H3,(H3,8,9). The summed E-state index contributed by atoms with van der Waals surface area (Å²) >= 11 is 0. The molecule has 0 saturated carbocycles. The largest absolute Gasteiger partial charge is 0.372 e. The Morgan fingerprint density at radius 2 is 2.07 bits per heavy atom. The van der Waals surface area contributed by atoms with Crippen LogP contribution >= 0.6 is 0 Å². The normalized spacial score (nSPS) is 11.6. The number of carbonyl (C=O) groups is 2. The molecular weight excluding hydrogens is 188 g/mol. The minimum absolute atomic E-state index is 0.273. The summed E-state index contributed by atoms with van der Waals surface area (Å²) in [5.41, 5.74) is 5.15. The number of hydrogen-bond acceptors (Lipinski definition) is 5. The molecule has 0 aromatic carbocycles. The molecule has 0 aliphatic heterocycles. The van der Waals surface area contributed by atoms with Crippen LogP contribution in [0.5, 0.6) is 0 Å². The summed E-state index contributed by atoms with van der Waals surface area (Å²) in [6.45, 7) is 2.86. The van der Waals surface area contributed by atoms with Gasteiger partial charge in [0.15, 0.2) is 5.96 Å². The van der Waals surface area contributed by atoms with Gasteiger partial charge in [0.05, 0.1) is 0 Å². The molecule has 0 aromatic rings. The molecule has 0 aliphatic rings. The average molecular weight is 202 g/mol. The van der Waals surface area contributed by atoms with E-state index in [-0.39, 0.29) is 6.42 Å². The van der Waals surface area contributed by atoms with Gasteiger partial charge in [0.25, 0.3) is 0 Å². The number of rotatable bonds is 3. The lowest BCUT2D eigenvalue weighted by atomic mass is 10.2. The number of hydrogen-bond donors (Lipinski definition) is 3. The minimum Gasteiger partial charge on any atom is -0.372 e. The van der Waals surface area contributed by atoms with Gasteiger partial charge in [-0.3, -0.25) is 15.1 Å². The zero-order valence-electron chi connectivity index (χ0n) is 8.11. The van der Waals surface area contributed by atoms with Gasteiger partial charge in [0, 0.05) is 6.92 Å². The van der Waals surface area contributed by atoms with Gasteiger partial charge in [-0.1, -0.05) is 6.92 Å². The van der Waals surface area contributed by atoms with Crippen molar-refractivity contribution in [3.05, 3.63) is 0 Å². The van der Waals surface area contributed by atoms with E-state index in [4.69, 9.17) is 11.1 Å². The fourth-order valence-corrected chi connectivity index (χ4v) is 1.09. The first kappa shape index (κ1) is 12.4. The van der Waals surface area contributed by atoms with Crippen LogP contribution in [0.2, 0.25) is 0 Å². The molecule has 0 aromatic heterocycles. The highest BCUT2D eigenvalue weighted by Crippen LogP contribution is 2.05. The maximum Gasteiger partial charge on any atom is 0.347 e. The Morgan fingerprint density at radius 1 is 1.57 bits per heavy atom. The summed E-state index contributed by atoms with van der Waals surface area (Å²) in [5.74, 6) is 2.88. The summed E-state index contributed by atoms with van der Waals surface area (Å²) in [5, 5.41) is 7.12. The topological polar surface area (TPSA) is 122 Å². The third-order valence-electron chi connectivity index (χ3n) is 1.69. The summed E-state index contributed by atoms with van der Waals surface area (Å²) in [6.07, 6.45) is 0.273. The Hall–Kier alpha value is -1.63. The number of nitrogens with one attached hydrogen (secondary N) is 1. The Kier molecular flexibility index (Phi) is 4.57. The highest BCUT2D eigenvalue weighted by Gasteiger charge is 2.29. The van der Waals surface area contributed by atoms with Gasteiger partial charge in [0.1, 0.15) is 6.04 Å². The van der Waals surface area contributed by atoms with E-state index >= 15 is 0 Å². The molecule has 1 atom stereocenters. The van der Waals surface area contributed by atoms with Crippen LogP contribution in [0.25, 0.3) is 0 Å². The van der Waals surface area contributed by atoms with Crippen molar-refractivity contribution in [2.24, 2.45) is 11.6 Å². The number of guanidine groups is 1. The molecule has 14 heavy (non-hydrogen) atoms. The van der Waals surface area contributed by atoms with Crippen molar-refractivity contribution < 1.29 is 14.4 Å². The van der Waals surface area contributed by atoms with Crippen molar-refractivity contribution in [3.8, 4) is 0 Å². The van der Waals surface area contributed by atoms with Gasteiger partial charge in [-0.2, -0.15) is 5.90 Å². The molecule has 0 heterocycles. The highest BCUT2D eigenvalue weighted by atomic mass is 16.7. The SMILES string of the molecule is CCC(C(=O)ON)N(C(=N)N)C(C)=O. The third-order valence-corrected chi connectivity index (χ3v) is 1.69. The summed E-state index contributed by atoms with van der Waals surface area (Å²) in [6, 6.07) is -0.935. The average Bonchev–Trinajstić information content (AvgIpc) is 2.11. The van der Waals surface area contributed by atoms with E-state index in [9.17, 15) is 9.59 Å².